The zero-order valence-corrected chi connectivity index (χ0v) is 13.7. The van der Waals surface area contributed by atoms with Crippen molar-refractivity contribution in [1.82, 2.24) is 20.0 Å². The van der Waals surface area contributed by atoms with Crippen molar-refractivity contribution in [3.8, 4) is 0 Å². The first-order valence-electron chi connectivity index (χ1n) is 8.04. The Morgan fingerprint density at radius 2 is 2.10 bits per heavy atom. The van der Waals surface area contributed by atoms with Gasteiger partial charge < -0.3 is 10.2 Å². The van der Waals surface area contributed by atoms with Gasteiger partial charge in [-0.05, 0) is 46.2 Å². The zero-order chi connectivity index (χ0) is 15.4. The molecule has 1 saturated heterocycles. The minimum absolute atomic E-state index is 0.0781. The van der Waals surface area contributed by atoms with Gasteiger partial charge in [0.15, 0.2) is 0 Å². The topological polar surface area (TPSA) is 50.2 Å². The minimum atomic E-state index is 0.0781. The molecule has 118 valence electrons. The van der Waals surface area contributed by atoms with Gasteiger partial charge in [0.05, 0.1) is 12.2 Å². The summed E-state index contributed by atoms with van der Waals surface area (Å²) in [5.74, 6) is 0.361. The van der Waals surface area contributed by atoms with E-state index in [1.807, 2.05) is 19.4 Å². The molecule has 0 saturated carbocycles. The van der Waals surface area contributed by atoms with Crippen molar-refractivity contribution in [2.75, 3.05) is 13.1 Å². The van der Waals surface area contributed by atoms with E-state index in [0.717, 1.165) is 37.9 Å². The van der Waals surface area contributed by atoms with Gasteiger partial charge in [0.2, 0.25) is 5.91 Å². The summed E-state index contributed by atoms with van der Waals surface area (Å²) in [5.41, 5.74) is 1.09. The fourth-order valence-corrected chi connectivity index (χ4v) is 3.01. The molecule has 1 aliphatic rings. The molecule has 1 fully saturated rings. The van der Waals surface area contributed by atoms with Gasteiger partial charge in [0.25, 0.3) is 0 Å². The summed E-state index contributed by atoms with van der Waals surface area (Å²) in [5, 5.41) is 7.39. The number of hydrogen-bond donors (Lipinski definition) is 1. The quantitative estimate of drug-likeness (QED) is 0.904. The molecule has 1 atom stereocenters. The zero-order valence-electron chi connectivity index (χ0n) is 13.7. The first-order chi connectivity index (χ1) is 10.0. The number of carbonyl (C=O) groups is 1. The van der Waals surface area contributed by atoms with E-state index < -0.39 is 0 Å². The van der Waals surface area contributed by atoms with Crippen LogP contribution in [0.5, 0.6) is 0 Å². The van der Waals surface area contributed by atoms with E-state index in [-0.39, 0.29) is 17.9 Å². The number of likely N-dealkylation sites (tertiary alicyclic amines) is 1. The highest BCUT2D eigenvalue weighted by atomic mass is 16.1. The summed E-state index contributed by atoms with van der Waals surface area (Å²) in [6.07, 6.45) is 6.65. The maximum atomic E-state index is 12.5. The molecule has 0 radical (unpaired) electrons. The minimum Gasteiger partial charge on any atom is -0.349 e. The fraction of sp³-hybridized carbons (Fsp3) is 0.750. The molecule has 2 rings (SSSR count). The molecule has 1 N–H and O–H groups in total. The maximum absolute atomic E-state index is 12.5. The standard InChI is InChI=1S/C16H28N4O/c1-5-15(14-10-17-19(4)11-14)18-16(21)13-6-8-20(9-7-13)12(2)3/h10-13,15H,5-9H2,1-4H3,(H,18,21). The van der Waals surface area contributed by atoms with Crippen LogP contribution in [0.15, 0.2) is 12.4 Å². The molecule has 2 heterocycles. The summed E-state index contributed by atoms with van der Waals surface area (Å²) in [7, 11) is 1.90. The second kappa shape index (κ2) is 7.07. The lowest BCUT2D eigenvalue weighted by Gasteiger charge is -2.34. The second-order valence-corrected chi connectivity index (χ2v) is 6.32. The van der Waals surface area contributed by atoms with Gasteiger partial charge in [0, 0.05) is 30.8 Å². The van der Waals surface area contributed by atoms with Gasteiger partial charge in [-0.15, -0.1) is 0 Å². The van der Waals surface area contributed by atoms with Crippen LogP contribution in [0.2, 0.25) is 0 Å². The van der Waals surface area contributed by atoms with Gasteiger partial charge >= 0.3 is 0 Å². The number of aryl methyl sites for hydroxylation is 1. The first kappa shape index (κ1) is 16.0. The number of nitrogens with zero attached hydrogens (tertiary/aromatic N) is 3. The molecule has 5 heteroatoms. The van der Waals surface area contributed by atoms with E-state index >= 15 is 0 Å². The fourth-order valence-electron chi connectivity index (χ4n) is 3.01. The lowest BCUT2D eigenvalue weighted by molar-refractivity contribution is -0.127. The van der Waals surface area contributed by atoms with Crippen LogP contribution in [-0.4, -0.2) is 39.7 Å². The molecule has 1 aromatic heterocycles. The SMILES string of the molecule is CCC(NC(=O)C1CCN(C(C)C)CC1)c1cnn(C)c1. The van der Waals surface area contributed by atoms with Crippen LogP contribution < -0.4 is 5.32 Å². The molecular weight excluding hydrogens is 264 g/mol. The summed E-state index contributed by atoms with van der Waals surface area (Å²) >= 11 is 0. The van der Waals surface area contributed by atoms with E-state index in [0.29, 0.717) is 6.04 Å². The van der Waals surface area contributed by atoms with Crippen molar-refractivity contribution in [3.63, 3.8) is 0 Å². The van der Waals surface area contributed by atoms with E-state index in [9.17, 15) is 4.79 Å². The van der Waals surface area contributed by atoms with Crippen molar-refractivity contribution in [1.29, 1.82) is 0 Å². The van der Waals surface area contributed by atoms with E-state index in [1.165, 1.54) is 0 Å². The molecule has 1 aliphatic heterocycles. The predicted octanol–water partition coefficient (Wildman–Crippen LogP) is 2.11. The molecule has 0 bridgehead atoms. The highest BCUT2D eigenvalue weighted by Crippen LogP contribution is 2.22. The average Bonchev–Trinajstić information content (AvgIpc) is 2.91. The molecule has 1 unspecified atom stereocenters. The third-order valence-corrected chi connectivity index (χ3v) is 4.48. The molecule has 1 amide bonds. The van der Waals surface area contributed by atoms with Crippen molar-refractivity contribution in [2.24, 2.45) is 13.0 Å². The summed E-state index contributed by atoms with van der Waals surface area (Å²) < 4.78 is 1.78. The van der Waals surface area contributed by atoms with Crippen LogP contribution in [0, 0.1) is 5.92 Å². The van der Waals surface area contributed by atoms with Gasteiger partial charge in [-0.25, -0.2) is 0 Å². The highest BCUT2D eigenvalue weighted by molar-refractivity contribution is 5.79. The molecule has 0 spiro atoms. The number of aromatic nitrogens is 2. The number of amides is 1. The van der Waals surface area contributed by atoms with Crippen molar-refractivity contribution >= 4 is 5.91 Å². The Labute approximate surface area is 127 Å². The van der Waals surface area contributed by atoms with Crippen molar-refractivity contribution in [2.45, 2.75) is 52.1 Å². The van der Waals surface area contributed by atoms with Crippen LogP contribution in [0.3, 0.4) is 0 Å². The van der Waals surface area contributed by atoms with Crippen LogP contribution in [0.1, 0.15) is 51.6 Å². The summed E-state index contributed by atoms with van der Waals surface area (Å²) in [6, 6.07) is 0.655. The van der Waals surface area contributed by atoms with E-state index in [2.05, 4.69) is 36.1 Å². The average molecular weight is 292 g/mol. The molecular formula is C16H28N4O. The Hall–Kier alpha value is -1.36. The highest BCUT2D eigenvalue weighted by Gasteiger charge is 2.27. The number of rotatable bonds is 5. The number of piperidine rings is 1. The van der Waals surface area contributed by atoms with Crippen LogP contribution >= 0.6 is 0 Å². The molecule has 5 nitrogen and oxygen atoms in total. The van der Waals surface area contributed by atoms with E-state index in [4.69, 9.17) is 0 Å². The predicted molar refractivity (Wildman–Crippen MR) is 83.8 cm³/mol. The van der Waals surface area contributed by atoms with Crippen LogP contribution in [0.25, 0.3) is 0 Å². The number of nitrogens with one attached hydrogen (secondary N) is 1. The lowest BCUT2D eigenvalue weighted by atomic mass is 9.94. The van der Waals surface area contributed by atoms with Gasteiger partial charge in [-0.2, -0.15) is 5.10 Å². The van der Waals surface area contributed by atoms with Crippen molar-refractivity contribution < 1.29 is 4.79 Å². The van der Waals surface area contributed by atoms with Crippen LogP contribution in [0.4, 0.5) is 0 Å². The monoisotopic (exact) mass is 292 g/mol. The Morgan fingerprint density at radius 1 is 1.43 bits per heavy atom. The Morgan fingerprint density at radius 3 is 2.57 bits per heavy atom. The third kappa shape index (κ3) is 4.06. The third-order valence-electron chi connectivity index (χ3n) is 4.48. The maximum Gasteiger partial charge on any atom is 0.223 e. The van der Waals surface area contributed by atoms with Crippen molar-refractivity contribution in [3.05, 3.63) is 18.0 Å². The smallest absolute Gasteiger partial charge is 0.223 e. The molecule has 1 aromatic rings. The molecule has 0 aromatic carbocycles. The lowest BCUT2D eigenvalue weighted by Crippen LogP contribution is -2.43. The largest absolute Gasteiger partial charge is 0.349 e. The number of hydrogen-bond acceptors (Lipinski definition) is 3. The normalized spacial score (nSPS) is 18.9. The van der Waals surface area contributed by atoms with Crippen LogP contribution in [-0.2, 0) is 11.8 Å². The summed E-state index contributed by atoms with van der Waals surface area (Å²) in [6.45, 7) is 8.59. The Kier molecular flexibility index (Phi) is 5.39. The van der Waals surface area contributed by atoms with Gasteiger partial charge in [-0.1, -0.05) is 6.92 Å². The van der Waals surface area contributed by atoms with E-state index in [1.54, 1.807) is 4.68 Å². The Bertz CT molecular complexity index is 461. The first-order valence-corrected chi connectivity index (χ1v) is 8.04. The second-order valence-electron chi connectivity index (χ2n) is 6.32. The molecule has 21 heavy (non-hydrogen) atoms. The summed E-state index contributed by atoms with van der Waals surface area (Å²) in [4.78, 5) is 14.9. The van der Waals surface area contributed by atoms with Gasteiger partial charge in [0.1, 0.15) is 0 Å². The number of carbonyl (C=O) groups excluding carboxylic acids is 1. The molecule has 0 aliphatic carbocycles. The Balaban J connectivity index is 1.89. The van der Waals surface area contributed by atoms with Gasteiger partial charge in [-0.3, -0.25) is 9.48 Å².